The average Bonchev–Trinajstić information content (AvgIpc) is 2.40. The Labute approximate surface area is 131 Å². The number of ether oxygens (including phenoxy) is 1. The van der Waals surface area contributed by atoms with Gasteiger partial charge in [-0.25, -0.2) is 0 Å². The molecule has 0 atom stereocenters. The van der Waals surface area contributed by atoms with E-state index in [9.17, 15) is 0 Å². The maximum atomic E-state index is 6.02. The molecule has 0 aliphatic carbocycles. The minimum Gasteiger partial charge on any atom is -0.491 e. The van der Waals surface area contributed by atoms with Crippen LogP contribution in [0.2, 0.25) is 5.02 Å². The molecule has 0 amide bonds. The number of rotatable bonds is 5. The monoisotopic (exact) mass is 304 g/mol. The zero-order valence-corrected chi connectivity index (χ0v) is 13.7. The molecule has 4 heteroatoms. The highest BCUT2D eigenvalue weighted by Gasteiger charge is 2.06. The van der Waals surface area contributed by atoms with E-state index >= 15 is 0 Å². The van der Waals surface area contributed by atoms with Gasteiger partial charge in [0, 0.05) is 29.1 Å². The zero-order valence-electron chi connectivity index (χ0n) is 13.0. The van der Waals surface area contributed by atoms with Crippen molar-refractivity contribution in [3.05, 3.63) is 51.8 Å². The van der Waals surface area contributed by atoms with E-state index in [2.05, 4.69) is 10.3 Å². The molecule has 1 heterocycles. The van der Waals surface area contributed by atoms with Crippen molar-refractivity contribution in [3.8, 4) is 5.75 Å². The smallest absolute Gasteiger partial charge is 0.125 e. The summed E-state index contributed by atoms with van der Waals surface area (Å²) < 4.78 is 5.88. The minimum absolute atomic E-state index is 0.601. The first-order chi connectivity index (χ1) is 9.97. The van der Waals surface area contributed by atoms with Crippen molar-refractivity contribution in [2.24, 2.45) is 0 Å². The van der Waals surface area contributed by atoms with Gasteiger partial charge in [0.25, 0.3) is 0 Å². The molecule has 21 heavy (non-hydrogen) atoms. The molecule has 0 radical (unpaired) electrons. The van der Waals surface area contributed by atoms with Gasteiger partial charge in [-0.05, 0) is 62.6 Å². The quantitative estimate of drug-likeness (QED) is 0.828. The standard InChI is InChI=1S/C17H21ClN2O/c1-11-7-15(18)8-12(2)17(11)21-6-5-19-16-9-14(4)20-10-13(16)3/h7-10H,5-6H2,1-4H3,(H,19,20). The van der Waals surface area contributed by atoms with Crippen LogP contribution in [0.15, 0.2) is 24.4 Å². The van der Waals surface area contributed by atoms with Crippen molar-refractivity contribution >= 4 is 17.3 Å². The van der Waals surface area contributed by atoms with E-state index in [1.165, 1.54) is 0 Å². The molecule has 0 fully saturated rings. The Morgan fingerprint density at radius 1 is 1.05 bits per heavy atom. The summed E-state index contributed by atoms with van der Waals surface area (Å²) in [7, 11) is 0. The van der Waals surface area contributed by atoms with Crippen molar-refractivity contribution in [2.45, 2.75) is 27.7 Å². The number of hydrogen-bond acceptors (Lipinski definition) is 3. The number of halogens is 1. The van der Waals surface area contributed by atoms with Crippen LogP contribution in [0.1, 0.15) is 22.4 Å². The first-order valence-electron chi connectivity index (χ1n) is 7.04. The van der Waals surface area contributed by atoms with E-state index in [1.54, 1.807) is 0 Å². The largest absolute Gasteiger partial charge is 0.491 e. The first kappa shape index (κ1) is 15.6. The summed E-state index contributed by atoms with van der Waals surface area (Å²) in [5, 5.41) is 4.13. The lowest BCUT2D eigenvalue weighted by molar-refractivity contribution is 0.328. The zero-order chi connectivity index (χ0) is 15.4. The van der Waals surface area contributed by atoms with E-state index in [-0.39, 0.29) is 0 Å². The van der Waals surface area contributed by atoms with Crippen molar-refractivity contribution in [1.82, 2.24) is 4.98 Å². The predicted molar refractivity (Wildman–Crippen MR) is 88.6 cm³/mol. The number of nitrogens with zero attached hydrogens (tertiary/aromatic N) is 1. The topological polar surface area (TPSA) is 34.1 Å². The summed E-state index contributed by atoms with van der Waals surface area (Å²) in [6.45, 7) is 9.40. The highest BCUT2D eigenvalue weighted by Crippen LogP contribution is 2.27. The van der Waals surface area contributed by atoms with E-state index < -0.39 is 0 Å². The van der Waals surface area contributed by atoms with Crippen molar-refractivity contribution in [1.29, 1.82) is 0 Å². The SMILES string of the molecule is Cc1cc(NCCOc2c(C)cc(Cl)cc2C)c(C)cn1. The molecule has 0 unspecified atom stereocenters. The second-order valence-electron chi connectivity index (χ2n) is 5.28. The van der Waals surface area contributed by atoms with Crippen LogP contribution in [0, 0.1) is 27.7 Å². The summed E-state index contributed by atoms with van der Waals surface area (Å²) in [6, 6.07) is 5.90. The second-order valence-corrected chi connectivity index (χ2v) is 5.72. The number of benzene rings is 1. The van der Waals surface area contributed by atoms with Crippen LogP contribution in [0.4, 0.5) is 5.69 Å². The van der Waals surface area contributed by atoms with E-state index in [0.717, 1.165) is 45.4 Å². The van der Waals surface area contributed by atoms with Crippen LogP contribution >= 0.6 is 11.6 Å². The molecule has 1 aromatic carbocycles. The molecule has 112 valence electrons. The fraction of sp³-hybridized carbons (Fsp3) is 0.353. The third-order valence-corrected chi connectivity index (χ3v) is 3.55. The Bertz CT molecular complexity index is 618. The van der Waals surface area contributed by atoms with Crippen molar-refractivity contribution in [2.75, 3.05) is 18.5 Å². The van der Waals surface area contributed by atoms with Crippen LogP contribution < -0.4 is 10.1 Å². The highest BCUT2D eigenvalue weighted by molar-refractivity contribution is 6.30. The maximum Gasteiger partial charge on any atom is 0.125 e. The van der Waals surface area contributed by atoms with E-state index in [0.29, 0.717) is 6.61 Å². The number of nitrogens with one attached hydrogen (secondary N) is 1. The van der Waals surface area contributed by atoms with Gasteiger partial charge in [-0.2, -0.15) is 0 Å². The van der Waals surface area contributed by atoms with Crippen LogP contribution in [-0.2, 0) is 0 Å². The highest BCUT2D eigenvalue weighted by atomic mass is 35.5. The first-order valence-corrected chi connectivity index (χ1v) is 7.42. The van der Waals surface area contributed by atoms with Crippen LogP contribution in [0.25, 0.3) is 0 Å². The molecular weight excluding hydrogens is 284 g/mol. The maximum absolute atomic E-state index is 6.02. The lowest BCUT2D eigenvalue weighted by Gasteiger charge is -2.14. The normalized spacial score (nSPS) is 10.5. The summed E-state index contributed by atoms with van der Waals surface area (Å²) >= 11 is 6.02. The molecule has 0 bridgehead atoms. The number of aryl methyl sites for hydroxylation is 4. The molecular formula is C17H21ClN2O. The Morgan fingerprint density at radius 2 is 1.71 bits per heavy atom. The Morgan fingerprint density at radius 3 is 2.38 bits per heavy atom. The Hall–Kier alpha value is -1.74. The fourth-order valence-corrected chi connectivity index (χ4v) is 2.61. The van der Waals surface area contributed by atoms with Gasteiger partial charge in [0.05, 0.1) is 0 Å². The Balaban J connectivity index is 1.92. The molecule has 2 rings (SSSR count). The molecule has 0 aliphatic heterocycles. The molecule has 2 aromatic rings. The number of aromatic nitrogens is 1. The molecule has 1 N–H and O–H groups in total. The molecule has 1 aromatic heterocycles. The van der Waals surface area contributed by atoms with Gasteiger partial charge in [-0.15, -0.1) is 0 Å². The number of pyridine rings is 1. The third-order valence-electron chi connectivity index (χ3n) is 3.33. The third kappa shape index (κ3) is 4.11. The summed E-state index contributed by atoms with van der Waals surface area (Å²) in [4.78, 5) is 4.26. The number of hydrogen-bond donors (Lipinski definition) is 1. The van der Waals surface area contributed by atoms with Crippen LogP contribution in [-0.4, -0.2) is 18.1 Å². The van der Waals surface area contributed by atoms with E-state index in [1.807, 2.05) is 52.1 Å². The van der Waals surface area contributed by atoms with E-state index in [4.69, 9.17) is 16.3 Å². The summed E-state index contributed by atoms with van der Waals surface area (Å²) in [5.74, 6) is 0.920. The van der Waals surface area contributed by atoms with Crippen molar-refractivity contribution < 1.29 is 4.74 Å². The predicted octanol–water partition coefficient (Wildman–Crippen LogP) is 4.46. The van der Waals surface area contributed by atoms with Crippen molar-refractivity contribution in [3.63, 3.8) is 0 Å². The average molecular weight is 305 g/mol. The van der Waals surface area contributed by atoms with Gasteiger partial charge < -0.3 is 10.1 Å². The van der Waals surface area contributed by atoms with Gasteiger partial charge in [0.1, 0.15) is 12.4 Å². The van der Waals surface area contributed by atoms with Gasteiger partial charge in [-0.1, -0.05) is 11.6 Å². The van der Waals surface area contributed by atoms with Gasteiger partial charge in [0.15, 0.2) is 0 Å². The Kier molecular flexibility index (Phi) is 5.07. The fourth-order valence-electron chi connectivity index (χ4n) is 2.28. The molecule has 0 saturated carbocycles. The lowest BCUT2D eigenvalue weighted by Crippen LogP contribution is -2.13. The van der Waals surface area contributed by atoms with Gasteiger partial charge in [0.2, 0.25) is 0 Å². The number of anilines is 1. The van der Waals surface area contributed by atoms with Crippen LogP contribution in [0.3, 0.4) is 0 Å². The minimum atomic E-state index is 0.601. The van der Waals surface area contributed by atoms with Crippen LogP contribution in [0.5, 0.6) is 5.75 Å². The second kappa shape index (κ2) is 6.81. The molecule has 0 saturated heterocycles. The van der Waals surface area contributed by atoms with Gasteiger partial charge >= 0.3 is 0 Å². The summed E-state index contributed by atoms with van der Waals surface area (Å²) in [5.41, 5.74) is 5.38. The summed E-state index contributed by atoms with van der Waals surface area (Å²) in [6.07, 6.45) is 1.88. The van der Waals surface area contributed by atoms with Gasteiger partial charge in [-0.3, -0.25) is 4.98 Å². The molecule has 0 aliphatic rings. The molecule has 3 nitrogen and oxygen atoms in total. The molecule has 0 spiro atoms. The lowest BCUT2D eigenvalue weighted by atomic mass is 10.1.